The zero-order valence-corrected chi connectivity index (χ0v) is 13.7. The largest absolute Gasteiger partial charge is 0.374 e. The SMILES string of the molecule is CC1=CS/C(=C2\C(=O)N(C(N)=S)N=C2C)N1c1ccccc1. The molecule has 2 aliphatic rings. The lowest BCUT2D eigenvalue weighted by Gasteiger charge is -2.23. The summed E-state index contributed by atoms with van der Waals surface area (Å²) < 4.78 is 0. The molecular weight excluding hydrogens is 316 g/mol. The maximum absolute atomic E-state index is 12.6. The predicted molar refractivity (Wildman–Crippen MR) is 94.0 cm³/mol. The number of benzene rings is 1. The van der Waals surface area contributed by atoms with Gasteiger partial charge in [0.05, 0.1) is 16.3 Å². The number of hydrazone groups is 1. The standard InChI is InChI=1S/C15H14N4OS2/c1-9-8-22-14(18(9)11-6-4-3-5-7-11)12-10(2)17-19(13(12)20)15(16)21/h3-8H,1-2H3,(H2,16,21)/b14-12-. The summed E-state index contributed by atoms with van der Waals surface area (Å²) in [4.78, 5) is 14.6. The first-order valence-corrected chi connectivity index (χ1v) is 7.92. The number of hydrogen-bond acceptors (Lipinski definition) is 5. The van der Waals surface area contributed by atoms with E-state index in [2.05, 4.69) is 5.10 Å². The van der Waals surface area contributed by atoms with Crippen LogP contribution in [0, 0.1) is 0 Å². The molecule has 0 radical (unpaired) electrons. The van der Waals surface area contributed by atoms with Gasteiger partial charge in [-0.1, -0.05) is 30.0 Å². The highest BCUT2D eigenvalue weighted by Crippen LogP contribution is 2.41. The summed E-state index contributed by atoms with van der Waals surface area (Å²) in [6, 6.07) is 9.89. The van der Waals surface area contributed by atoms with E-state index in [4.69, 9.17) is 18.0 Å². The van der Waals surface area contributed by atoms with Gasteiger partial charge in [-0.15, -0.1) is 0 Å². The molecule has 0 spiro atoms. The first-order chi connectivity index (χ1) is 10.5. The number of nitrogens with two attached hydrogens (primary N) is 1. The number of amides is 1. The Morgan fingerprint density at radius 3 is 2.55 bits per heavy atom. The Bertz CT molecular complexity index is 752. The van der Waals surface area contributed by atoms with Crippen molar-refractivity contribution in [2.24, 2.45) is 10.8 Å². The number of carbonyl (C=O) groups excluding carboxylic acids is 1. The van der Waals surface area contributed by atoms with Crippen LogP contribution >= 0.6 is 24.0 Å². The Kier molecular flexibility index (Phi) is 3.76. The molecule has 1 aromatic rings. The van der Waals surface area contributed by atoms with Crippen LogP contribution in [-0.4, -0.2) is 21.7 Å². The average Bonchev–Trinajstić information content (AvgIpc) is 3.00. The number of para-hydroxylation sites is 1. The zero-order chi connectivity index (χ0) is 15.9. The lowest BCUT2D eigenvalue weighted by molar-refractivity contribution is -0.122. The molecule has 0 bridgehead atoms. The molecule has 3 rings (SSSR count). The van der Waals surface area contributed by atoms with E-state index in [0.29, 0.717) is 11.3 Å². The number of anilines is 1. The van der Waals surface area contributed by atoms with Crippen molar-refractivity contribution in [3.63, 3.8) is 0 Å². The molecule has 0 saturated heterocycles. The molecule has 7 heteroatoms. The zero-order valence-electron chi connectivity index (χ0n) is 12.1. The molecule has 0 saturated carbocycles. The molecular formula is C15H14N4OS2. The van der Waals surface area contributed by atoms with Gasteiger partial charge in [0, 0.05) is 11.4 Å². The monoisotopic (exact) mass is 330 g/mol. The second kappa shape index (κ2) is 5.58. The first-order valence-electron chi connectivity index (χ1n) is 6.63. The Morgan fingerprint density at radius 1 is 1.27 bits per heavy atom. The highest BCUT2D eigenvalue weighted by Gasteiger charge is 2.36. The van der Waals surface area contributed by atoms with Crippen LogP contribution in [0.1, 0.15) is 13.8 Å². The summed E-state index contributed by atoms with van der Waals surface area (Å²) in [5.74, 6) is -0.281. The molecule has 5 nitrogen and oxygen atoms in total. The summed E-state index contributed by atoms with van der Waals surface area (Å²) in [5.41, 5.74) is 8.76. The van der Waals surface area contributed by atoms with E-state index in [0.717, 1.165) is 21.4 Å². The van der Waals surface area contributed by atoms with Gasteiger partial charge in [-0.25, -0.2) is 0 Å². The molecule has 0 aliphatic carbocycles. The van der Waals surface area contributed by atoms with Crippen molar-refractivity contribution in [1.29, 1.82) is 0 Å². The topological polar surface area (TPSA) is 61.9 Å². The minimum atomic E-state index is -0.281. The number of nitrogens with zero attached hydrogens (tertiary/aromatic N) is 3. The summed E-state index contributed by atoms with van der Waals surface area (Å²) in [6.45, 7) is 3.79. The second-order valence-electron chi connectivity index (χ2n) is 4.87. The molecule has 112 valence electrons. The van der Waals surface area contributed by atoms with Crippen molar-refractivity contribution in [2.75, 3.05) is 4.90 Å². The smallest absolute Gasteiger partial charge is 0.285 e. The third-order valence-electron chi connectivity index (χ3n) is 3.35. The molecule has 2 aliphatic heterocycles. The number of hydrogen-bond donors (Lipinski definition) is 1. The molecule has 1 amide bonds. The third kappa shape index (κ3) is 2.32. The molecule has 0 aromatic heterocycles. The Hall–Kier alpha value is -2.12. The Balaban J connectivity index is 2.09. The molecule has 0 atom stereocenters. The van der Waals surface area contributed by atoms with Gasteiger partial charge >= 0.3 is 0 Å². The molecule has 2 heterocycles. The van der Waals surface area contributed by atoms with Crippen LogP contribution < -0.4 is 10.6 Å². The number of allylic oxidation sites excluding steroid dienone is 1. The van der Waals surface area contributed by atoms with E-state index in [1.54, 1.807) is 6.92 Å². The van der Waals surface area contributed by atoms with Crippen LogP contribution in [-0.2, 0) is 4.79 Å². The average molecular weight is 330 g/mol. The van der Waals surface area contributed by atoms with Gasteiger partial charge < -0.3 is 10.6 Å². The number of rotatable bonds is 1. The second-order valence-corrected chi connectivity index (χ2v) is 6.15. The summed E-state index contributed by atoms with van der Waals surface area (Å²) in [7, 11) is 0. The maximum Gasteiger partial charge on any atom is 0.285 e. The lowest BCUT2D eigenvalue weighted by atomic mass is 10.1. The Labute approximate surface area is 138 Å². The molecule has 0 fully saturated rings. The fourth-order valence-corrected chi connectivity index (χ4v) is 3.60. The van der Waals surface area contributed by atoms with Crippen molar-refractivity contribution in [3.05, 3.63) is 52.0 Å². The van der Waals surface area contributed by atoms with Crippen LogP contribution in [0.15, 0.2) is 57.1 Å². The van der Waals surface area contributed by atoms with Crippen LogP contribution in [0.25, 0.3) is 0 Å². The maximum atomic E-state index is 12.6. The van der Waals surface area contributed by atoms with Crippen molar-refractivity contribution in [3.8, 4) is 0 Å². The third-order valence-corrected chi connectivity index (χ3v) is 4.59. The van der Waals surface area contributed by atoms with Gasteiger partial charge in [0.1, 0.15) is 0 Å². The molecule has 22 heavy (non-hydrogen) atoms. The highest BCUT2D eigenvalue weighted by molar-refractivity contribution is 8.06. The molecule has 1 aromatic carbocycles. The van der Waals surface area contributed by atoms with Crippen LogP contribution in [0.3, 0.4) is 0 Å². The predicted octanol–water partition coefficient (Wildman–Crippen LogP) is 2.77. The van der Waals surface area contributed by atoms with E-state index in [1.807, 2.05) is 47.6 Å². The highest BCUT2D eigenvalue weighted by atomic mass is 32.2. The van der Waals surface area contributed by atoms with E-state index in [-0.39, 0.29) is 11.0 Å². The minimum absolute atomic E-state index is 0.0427. The fraction of sp³-hybridized carbons (Fsp3) is 0.133. The molecule has 0 unspecified atom stereocenters. The van der Waals surface area contributed by atoms with Crippen LogP contribution in [0.2, 0.25) is 0 Å². The number of thioether (sulfide) groups is 1. The van der Waals surface area contributed by atoms with Gasteiger partial charge in [0.25, 0.3) is 5.91 Å². The summed E-state index contributed by atoms with van der Waals surface area (Å²) in [5, 5.41) is 8.03. The normalized spacial score (nSPS) is 21.3. The van der Waals surface area contributed by atoms with Crippen molar-refractivity contribution in [2.45, 2.75) is 13.8 Å². The van der Waals surface area contributed by atoms with Crippen LogP contribution in [0.4, 0.5) is 5.69 Å². The van der Waals surface area contributed by atoms with E-state index in [1.165, 1.54) is 11.8 Å². The van der Waals surface area contributed by atoms with Gasteiger partial charge in [0.15, 0.2) is 5.11 Å². The van der Waals surface area contributed by atoms with E-state index < -0.39 is 0 Å². The Morgan fingerprint density at radius 2 is 1.95 bits per heavy atom. The molecule has 2 N–H and O–H groups in total. The van der Waals surface area contributed by atoms with Crippen LogP contribution in [0.5, 0.6) is 0 Å². The minimum Gasteiger partial charge on any atom is -0.374 e. The number of thiocarbonyl (C=S) groups is 1. The lowest BCUT2D eigenvalue weighted by Crippen LogP contribution is -2.34. The number of carbonyl (C=O) groups is 1. The van der Waals surface area contributed by atoms with Gasteiger partial charge in [0.2, 0.25) is 0 Å². The summed E-state index contributed by atoms with van der Waals surface area (Å²) in [6.07, 6.45) is 0. The van der Waals surface area contributed by atoms with Crippen molar-refractivity contribution >= 4 is 46.4 Å². The quantitative estimate of drug-likeness (QED) is 0.634. The van der Waals surface area contributed by atoms with Gasteiger partial charge in [-0.2, -0.15) is 10.1 Å². The van der Waals surface area contributed by atoms with Gasteiger partial charge in [-0.05, 0) is 43.6 Å². The fourth-order valence-electron chi connectivity index (χ4n) is 2.38. The summed E-state index contributed by atoms with van der Waals surface area (Å²) >= 11 is 6.38. The first kappa shape index (κ1) is 14.8. The van der Waals surface area contributed by atoms with Crippen molar-refractivity contribution in [1.82, 2.24) is 5.01 Å². The van der Waals surface area contributed by atoms with Crippen molar-refractivity contribution < 1.29 is 4.79 Å². The van der Waals surface area contributed by atoms with E-state index in [9.17, 15) is 4.79 Å². The van der Waals surface area contributed by atoms with Gasteiger partial charge in [-0.3, -0.25) is 4.79 Å². The van der Waals surface area contributed by atoms with E-state index >= 15 is 0 Å².